The van der Waals surface area contributed by atoms with Crippen molar-refractivity contribution >= 4 is 5.91 Å². The number of rotatable bonds is 13. The molecule has 3 heteroatoms. The van der Waals surface area contributed by atoms with Gasteiger partial charge in [0.1, 0.15) is 6.33 Å². The number of hydrogen-bond acceptors (Lipinski definition) is 2. The second-order valence-corrected chi connectivity index (χ2v) is 5.99. The van der Waals surface area contributed by atoms with Crippen molar-refractivity contribution in [1.82, 2.24) is 9.55 Å². The first-order chi connectivity index (χ1) is 10.8. The number of nitrogens with zero attached hydrogens (tertiary/aromatic N) is 2. The van der Waals surface area contributed by atoms with Gasteiger partial charge in [0.25, 0.3) is 0 Å². The number of carbonyl (C=O) groups excluding carboxylic acids is 1. The summed E-state index contributed by atoms with van der Waals surface area (Å²) in [5.74, 6) is 0.156. The average Bonchev–Trinajstić information content (AvgIpc) is 3.06. The van der Waals surface area contributed by atoms with Gasteiger partial charge in [-0.2, -0.15) is 0 Å². The molecule has 1 rings (SSSR count). The van der Waals surface area contributed by atoms with E-state index in [4.69, 9.17) is 0 Å². The molecule has 0 N–H and O–H groups in total. The number of allylic oxidation sites excluding steroid dienone is 2. The molecular formula is C19H32N2O. The maximum absolute atomic E-state index is 11.7. The van der Waals surface area contributed by atoms with Crippen LogP contribution in [0.4, 0.5) is 0 Å². The quantitative estimate of drug-likeness (QED) is 0.342. The van der Waals surface area contributed by atoms with Crippen LogP contribution in [0.5, 0.6) is 0 Å². The van der Waals surface area contributed by atoms with Crippen LogP contribution in [0.1, 0.15) is 88.8 Å². The number of imidazole rings is 1. The summed E-state index contributed by atoms with van der Waals surface area (Å²) in [6, 6.07) is 0. The highest BCUT2D eigenvalue weighted by Crippen LogP contribution is 2.09. The van der Waals surface area contributed by atoms with E-state index in [0.29, 0.717) is 6.42 Å². The Kier molecular flexibility index (Phi) is 11.3. The van der Waals surface area contributed by atoms with Crippen molar-refractivity contribution in [2.24, 2.45) is 0 Å². The highest BCUT2D eigenvalue weighted by Gasteiger charge is 2.02. The van der Waals surface area contributed by atoms with Gasteiger partial charge in [0.2, 0.25) is 5.91 Å². The lowest BCUT2D eigenvalue weighted by Gasteiger charge is -2.01. The molecular weight excluding hydrogens is 272 g/mol. The van der Waals surface area contributed by atoms with Crippen LogP contribution in [0.2, 0.25) is 0 Å². The van der Waals surface area contributed by atoms with Gasteiger partial charge < -0.3 is 0 Å². The fourth-order valence-electron chi connectivity index (χ4n) is 2.53. The number of aromatic nitrogens is 2. The van der Waals surface area contributed by atoms with E-state index in [2.05, 4.69) is 24.1 Å². The minimum atomic E-state index is 0.156. The van der Waals surface area contributed by atoms with E-state index in [1.54, 1.807) is 23.3 Å². The van der Waals surface area contributed by atoms with Crippen LogP contribution in [-0.4, -0.2) is 15.5 Å². The number of unbranched alkanes of at least 4 members (excludes halogenated alkanes) is 9. The van der Waals surface area contributed by atoms with Gasteiger partial charge in [-0.25, -0.2) is 4.98 Å². The Morgan fingerprint density at radius 3 is 2.23 bits per heavy atom. The van der Waals surface area contributed by atoms with Gasteiger partial charge >= 0.3 is 0 Å². The summed E-state index contributed by atoms with van der Waals surface area (Å²) in [7, 11) is 0. The first-order valence-electron chi connectivity index (χ1n) is 9.00. The Labute approximate surface area is 135 Å². The molecule has 0 aromatic carbocycles. The predicted molar refractivity (Wildman–Crippen MR) is 93.1 cm³/mol. The topological polar surface area (TPSA) is 34.9 Å². The van der Waals surface area contributed by atoms with Crippen LogP contribution in [-0.2, 0) is 0 Å². The summed E-state index contributed by atoms with van der Waals surface area (Å²) in [6.07, 6.45) is 24.1. The minimum Gasteiger partial charge on any atom is -0.276 e. The maximum atomic E-state index is 11.7. The fraction of sp³-hybridized carbons (Fsp3) is 0.684. The monoisotopic (exact) mass is 304 g/mol. The zero-order valence-electron chi connectivity index (χ0n) is 14.2. The van der Waals surface area contributed by atoms with Crippen LogP contribution >= 0.6 is 0 Å². The Morgan fingerprint density at radius 1 is 0.955 bits per heavy atom. The zero-order valence-corrected chi connectivity index (χ0v) is 14.2. The van der Waals surface area contributed by atoms with Crippen molar-refractivity contribution in [1.29, 1.82) is 0 Å². The van der Waals surface area contributed by atoms with E-state index in [0.717, 1.165) is 12.8 Å². The van der Waals surface area contributed by atoms with Crippen molar-refractivity contribution in [3.05, 3.63) is 30.9 Å². The standard InChI is InChI=1S/C19H32N2O/c1-2-3-4-5-6-7-8-9-10-11-12-13-14-15-19(22)21-17-16-20-18-21/h7-8,16-18H,2-6,9-15H2,1H3/b8-7-. The molecule has 0 fully saturated rings. The molecule has 3 nitrogen and oxygen atoms in total. The second-order valence-electron chi connectivity index (χ2n) is 5.99. The van der Waals surface area contributed by atoms with Crippen LogP contribution in [0.25, 0.3) is 0 Å². The summed E-state index contributed by atoms with van der Waals surface area (Å²) < 4.78 is 1.57. The Morgan fingerprint density at radius 2 is 1.59 bits per heavy atom. The van der Waals surface area contributed by atoms with Crippen LogP contribution in [0.15, 0.2) is 30.9 Å². The van der Waals surface area contributed by atoms with Crippen LogP contribution < -0.4 is 0 Å². The lowest BCUT2D eigenvalue weighted by atomic mass is 10.1. The molecule has 1 aromatic heterocycles. The van der Waals surface area contributed by atoms with Crippen molar-refractivity contribution < 1.29 is 4.79 Å². The zero-order chi connectivity index (χ0) is 15.9. The second kappa shape index (κ2) is 13.3. The van der Waals surface area contributed by atoms with E-state index in [1.807, 2.05) is 0 Å². The molecule has 1 heterocycles. The third-order valence-corrected chi connectivity index (χ3v) is 3.94. The number of carbonyl (C=O) groups is 1. The highest BCUT2D eigenvalue weighted by atomic mass is 16.2. The largest absolute Gasteiger partial charge is 0.276 e. The molecule has 0 aliphatic heterocycles. The van der Waals surface area contributed by atoms with Gasteiger partial charge in [0.05, 0.1) is 0 Å². The van der Waals surface area contributed by atoms with Crippen LogP contribution in [0, 0.1) is 0 Å². The smallest absolute Gasteiger partial charge is 0.231 e. The Bertz CT molecular complexity index is 396. The minimum absolute atomic E-state index is 0.156. The van der Waals surface area contributed by atoms with Crippen molar-refractivity contribution in [2.45, 2.75) is 84.0 Å². The summed E-state index contributed by atoms with van der Waals surface area (Å²) in [5.41, 5.74) is 0. The van der Waals surface area contributed by atoms with Crippen molar-refractivity contribution in [3.8, 4) is 0 Å². The van der Waals surface area contributed by atoms with E-state index in [9.17, 15) is 4.79 Å². The van der Waals surface area contributed by atoms with E-state index in [1.165, 1.54) is 57.8 Å². The molecule has 124 valence electrons. The summed E-state index contributed by atoms with van der Waals surface area (Å²) in [6.45, 7) is 2.25. The van der Waals surface area contributed by atoms with Gasteiger partial charge in [-0.1, -0.05) is 57.6 Å². The predicted octanol–water partition coefficient (Wildman–Crippen LogP) is 5.78. The van der Waals surface area contributed by atoms with Gasteiger partial charge in [-0.05, 0) is 32.1 Å². The molecule has 0 amide bonds. The van der Waals surface area contributed by atoms with E-state index < -0.39 is 0 Å². The average molecular weight is 304 g/mol. The lowest BCUT2D eigenvalue weighted by Crippen LogP contribution is -2.07. The molecule has 22 heavy (non-hydrogen) atoms. The lowest BCUT2D eigenvalue weighted by molar-refractivity contribution is 0.0899. The molecule has 0 atom stereocenters. The van der Waals surface area contributed by atoms with E-state index in [-0.39, 0.29) is 5.91 Å². The molecule has 0 aliphatic carbocycles. The van der Waals surface area contributed by atoms with Gasteiger partial charge in [-0.15, -0.1) is 0 Å². The van der Waals surface area contributed by atoms with Crippen molar-refractivity contribution in [3.63, 3.8) is 0 Å². The number of hydrogen-bond donors (Lipinski definition) is 0. The summed E-state index contributed by atoms with van der Waals surface area (Å²) in [4.78, 5) is 15.6. The molecule has 0 radical (unpaired) electrons. The third kappa shape index (κ3) is 9.54. The van der Waals surface area contributed by atoms with Crippen LogP contribution in [0.3, 0.4) is 0 Å². The first-order valence-corrected chi connectivity index (χ1v) is 9.00. The normalized spacial score (nSPS) is 11.3. The highest BCUT2D eigenvalue weighted by molar-refractivity contribution is 5.78. The Hall–Kier alpha value is -1.38. The van der Waals surface area contributed by atoms with Crippen molar-refractivity contribution in [2.75, 3.05) is 0 Å². The maximum Gasteiger partial charge on any atom is 0.231 e. The van der Waals surface area contributed by atoms with E-state index >= 15 is 0 Å². The van der Waals surface area contributed by atoms with Gasteiger partial charge in [-0.3, -0.25) is 9.36 Å². The molecule has 0 saturated carbocycles. The Balaban J connectivity index is 1.83. The third-order valence-electron chi connectivity index (χ3n) is 3.94. The molecule has 1 aromatic rings. The van der Waals surface area contributed by atoms with Gasteiger partial charge in [0, 0.05) is 18.8 Å². The molecule has 0 spiro atoms. The summed E-state index contributed by atoms with van der Waals surface area (Å²) >= 11 is 0. The molecule has 0 aliphatic rings. The summed E-state index contributed by atoms with van der Waals surface area (Å²) in [5, 5.41) is 0. The first kappa shape index (κ1) is 18.7. The SMILES string of the molecule is CCCCCC/C=C\CCCCCCCC(=O)n1ccnc1. The van der Waals surface area contributed by atoms with Gasteiger partial charge in [0.15, 0.2) is 0 Å². The molecule has 0 saturated heterocycles. The molecule has 0 bridgehead atoms. The fourth-order valence-corrected chi connectivity index (χ4v) is 2.53. The molecule has 0 unspecified atom stereocenters.